The molecule has 0 spiro atoms. The molecule has 1 aliphatic heterocycles. The molecule has 4 atom stereocenters. The Kier molecular flexibility index (Phi) is 4.85. The van der Waals surface area contributed by atoms with Crippen molar-refractivity contribution >= 4 is 5.91 Å². The fourth-order valence-electron chi connectivity index (χ4n) is 3.54. The monoisotopic (exact) mass is 268 g/mol. The van der Waals surface area contributed by atoms with E-state index in [-0.39, 0.29) is 30.3 Å². The van der Waals surface area contributed by atoms with Crippen LogP contribution in [0.2, 0.25) is 0 Å². The highest BCUT2D eigenvalue weighted by Gasteiger charge is 2.46. The van der Waals surface area contributed by atoms with Crippen LogP contribution in [-0.2, 0) is 9.53 Å². The Balaban J connectivity index is 2.17. The Morgan fingerprint density at radius 3 is 2.74 bits per heavy atom. The van der Waals surface area contributed by atoms with Crippen molar-refractivity contribution in [3.63, 3.8) is 0 Å². The largest absolute Gasteiger partial charge is 0.379 e. The smallest absolute Gasteiger partial charge is 0.241 e. The Labute approximate surface area is 116 Å². The summed E-state index contributed by atoms with van der Waals surface area (Å²) >= 11 is 0. The van der Waals surface area contributed by atoms with Crippen LogP contribution in [0.1, 0.15) is 52.9 Å². The molecule has 1 heterocycles. The van der Waals surface area contributed by atoms with Gasteiger partial charge in [-0.05, 0) is 31.6 Å². The lowest BCUT2D eigenvalue weighted by Crippen LogP contribution is -2.48. The third-order valence-electron chi connectivity index (χ3n) is 4.53. The summed E-state index contributed by atoms with van der Waals surface area (Å²) in [5.41, 5.74) is 0. The van der Waals surface area contributed by atoms with Crippen molar-refractivity contribution in [2.45, 2.75) is 77.2 Å². The summed E-state index contributed by atoms with van der Waals surface area (Å²) in [6.07, 6.45) is 5.87. The lowest BCUT2D eigenvalue weighted by molar-refractivity contribution is -0.135. The molecule has 2 fully saturated rings. The predicted octanol–water partition coefficient (Wildman–Crippen LogP) is 2.14. The van der Waals surface area contributed by atoms with Crippen molar-refractivity contribution in [2.24, 2.45) is 5.92 Å². The minimum Gasteiger partial charge on any atom is -0.379 e. The van der Waals surface area contributed by atoms with Gasteiger partial charge in [0, 0.05) is 7.11 Å². The second-order valence-corrected chi connectivity index (χ2v) is 6.21. The first-order valence-electron chi connectivity index (χ1n) is 7.71. The molecule has 4 unspecified atom stereocenters. The molecule has 2 rings (SSSR count). The molecular formula is C15H28N2O2. The van der Waals surface area contributed by atoms with Crippen molar-refractivity contribution in [3.8, 4) is 0 Å². The summed E-state index contributed by atoms with van der Waals surface area (Å²) in [5.74, 6) is 0.627. The van der Waals surface area contributed by atoms with E-state index in [1.165, 1.54) is 0 Å². The summed E-state index contributed by atoms with van der Waals surface area (Å²) in [5, 5.41) is 3.53. The van der Waals surface area contributed by atoms with E-state index >= 15 is 0 Å². The number of hydrogen-bond donors (Lipinski definition) is 1. The van der Waals surface area contributed by atoms with Crippen molar-refractivity contribution in [3.05, 3.63) is 0 Å². The number of nitrogens with one attached hydrogen (secondary N) is 1. The van der Waals surface area contributed by atoms with Crippen molar-refractivity contribution in [2.75, 3.05) is 7.11 Å². The van der Waals surface area contributed by atoms with Crippen molar-refractivity contribution < 1.29 is 9.53 Å². The van der Waals surface area contributed by atoms with E-state index in [1.807, 2.05) is 0 Å². The zero-order valence-electron chi connectivity index (χ0n) is 12.7. The Morgan fingerprint density at radius 1 is 1.42 bits per heavy atom. The molecule has 1 saturated carbocycles. The van der Waals surface area contributed by atoms with Gasteiger partial charge in [0.25, 0.3) is 0 Å². The zero-order chi connectivity index (χ0) is 14.0. The lowest BCUT2D eigenvalue weighted by atomic mass is 10.0. The highest BCUT2D eigenvalue weighted by atomic mass is 16.5. The van der Waals surface area contributed by atoms with Crippen molar-refractivity contribution in [1.82, 2.24) is 10.2 Å². The van der Waals surface area contributed by atoms with Crippen LogP contribution in [0, 0.1) is 5.92 Å². The van der Waals surface area contributed by atoms with Crippen molar-refractivity contribution in [1.29, 1.82) is 0 Å². The van der Waals surface area contributed by atoms with Gasteiger partial charge in [-0.25, -0.2) is 0 Å². The van der Waals surface area contributed by atoms with E-state index in [1.54, 1.807) is 7.11 Å². The van der Waals surface area contributed by atoms with Crippen LogP contribution in [0.25, 0.3) is 0 Å². The van der Waals surface area contributed by atoms with Crippen LogP contribution in [0.15, 0.2) is 0 Å². The van der Waals surface area contributed by atoms with Crippen LogP contribution in [0.4, 0.5) is 0 Å². The standard InChI is InChI=1S/C15H28N2O2/c1-5-7-13-16-14(10(2)3)15(18)17(13)11-8-6-9-12(11)19-4/h10-14,16H,5-9H2,1-4H3. The molecule has 1 N–H and O–H groups in total. The number of carbonyl (C=O) groups is 1. The van der Waals surface area contributed by atoms with Gasteiger partial charge in [0.15, 0.2) is 0 Å². The number of rotatable bonds is 5. The zero-order valence-corrected chi connectivity index (χ0v) is 12.7. The topological polar surface area (TPSA) is 41.6 Å². The molecular weight excluding hydrogens is 240 g/mol. The first-order valence-corrected chi connectivity index (χ1v) is 7.71. The number of methoxy groups -OCH3 is 1. The van der Waals surface area contributed by atoms with Crippen LogP contribution >= 0.6 is 0 Å². The number of hydrogen-bond acceptors (Lipinski definition) is 3. The van der Waals surface area contributed by atoms with Gasteiger partial charge >= 0.3 is 0 Å². The van der Waals surface area contributed by atoms with Gasteiger partial charge in [0.2, 0.25) is 5.91 Å². The molecule has 0 bridgehead atoms. The van der Waals surface area contributed by atoms with Gasteiger partial charge < -0.3 is 9.64 Å². The lowest BCUT2D eigenvalue weighted by Gasteiger charge is -2.33. The first-order chi connectivity index (χ1) is 9.10. The molecule has 4 heteroatoms. The quantitative estimate of drug-likeness (QED) is 0.830. The minimum absolute atomic E-state index is 0.0188. The third kappa shape index (κ3) is 2.79. The summed E-state index contributed by atoms with van der Waals surface area (Å²) in [6.45, 7) is 6.41. The van der Waals surface area contributed by atoms with Gasteiger partial charge in [0.1, 0.15) is 0 Å². The molecule has 2 aliphatic rings. The fraction of sp³-hybridized carbons (Fsp3) is 0.933. The fourth-order valence-corrected chi connectivity index (χ4v) is 3.54. The maximum absolute atomic E-state index is 12.7. The van der Waals surface area contributed by atoms with Crippen LogP contribution in [0.3, 0.4) is 0 Å². The highest BCUT2D eigenvalue weighted by molar-refractivity contribution is 5.85. The number of carbonyl (C=O) groups excluding carboxylic acids is 1. The second kappa shape index (κ2) is 6.23. The first kappa shape index (κ1) is 14.8. The van der Waals surface area contributed by atoms with Gasteiger partial charge in [-0.2, -0.15) is 0 Å². The molecule has 1 aliphatic carbocycles. The second-order valence-electron chi connectivity index (χ2n) is 6.21. The normalized spacial score (nSPS) is 35.6. The van der Waals surface area contributed by atoms with E-state index in [2.05, 4.69) is 31.0 Å². The van der Waals surface area contributed by atoms with Crippen LogP contribution in [0.5, 0.6) is 0 Å². The Hall–Kier alpha value is -0.610. The van der Waals surface area contributed by atoms with Gasteiger partial charge in [-0.1, -0.05) is 27.2 Å². The molecule has 110 valence electrons. The summed E-state index contributed by atoms with van der Waals surface area (Å²) in [4.78, 5) is 14.8. The Bertz CT molecular complexity index is 319. The minimum atomic E-state index is -0.0188. The highest BCUT2D eigenvalue weighted by Crippen LogP contribution is 2.32. The number of ether oxygens (including phenoxy) is 1. The van der Waals surface area contributed by atoms with E-state index in [0.717, 1.165) is 32.1 Å². The molecule has 1 amide bonds. The SMILES string of the molecule is CCCC1NC(C(C)C)C(=O)N1C1CCCC1OC. The van der Waals surface area contributed by atoms with Crippen LogP contribution < -0.4 is 5.32 Å². The third-order valence-corrected chi connectivity index (χ3v) is 4.53. The molecule has 19 heavy (non-hydrogen) atoms. The van der Waals surface area contributed by atoms with Gasteiger partial charge in [-0.15, -0.1) is 0 Å². The van der Waals surface area contributed by atoms with E-state index < -0.39 is 0 Å². The van der Waals surface area contributed by atoms with Gasteiger partial charge in [-0.3, -0.25) is 10.1 Å². The summed E-state index contributed by atoms with van der Waals surface area (Å²) in [7, 11) is 1.77. The Morgan fingerprint density at radius 2 is 2.16 bits per heavy atom. The maximum Gasteiger partial charge on any atom is 0.241 e. The van der Waals surface area contributed by atoms with E-state index in [4.69, 9.17) is 4.74 Å². The maximum atomic E-state index is 12.7. The molecule has 0 aromatic heterocycles. The van der Waals surface area contributed by atoms with Gasteiger partial charge in [0.05, 0.1) is 24.4 Å². The van der Waals surface area contributed by atoms with E-state index in [9.17, 15) is 4.79 Å². The van der Waals surface area contributed by atoms with Crippen LogP contribution in [-0.4, -0.2) is 42.3 Å². The number of amides is 1. The number of nitrogens with zero attached hydrogens (tertiary/aromatic N) is 1. The average Bonchev–Trinajstić information content (AvgIpc) is 2.94. The predicted molar refractivity (Wildman–Crippen MR) is 75.7 cm³/mol. The summed E-state index contributed by atoms with van der Waals surface area (Å²) < 4.78 is 5.59. The van der Waals surface area contributed by atoms with E-state index in [0.29, 0.717) is 5.92 Å². The summed E-state index contributed by atoms with van der Waals surface area (Å²) in [6, 6.07) is 0.250. The molecule has 0 radical (unpaired) electrons. The molecule has 4 nitrogen and oxygen atoms in total. The average molecular weight is 268 g/mol. The molecule has 0 aromatic rings. The molecule has 0 aromatic carbocycles. The molecule has 1 saturated heterocycles.